The van der Waals surface area contributed by atoms with Crippen LogP contribution in [0.2, 0.25) is 5.02 Å². The molecule has 0 aliphatic heterocycles. The third kappa shape index (κ3) is 2.82. The molecule has 0 saturated carbocycles. The number of halogens is 1. The van der Waals surface area contributed by atoms with Crippen molar-refractivity contribution >= 4 is 11.6 Å². The monoisotopic (exact) mass is 277 g/mol. The van der Waals surface area contributed by atoms with Crippen molar-refractivity contribution in [3.05, 3.63) is 52.3 Å². The van der Waals surface area contributed by atoms with Crippen LogP contribution < -0.4 is 5.73 Å². The van der Waals surface area contributed by atoms with Gasteiger partial charge in [0.2, 0.25) is 0 Å². The van der Waals surface area contributed by atoms with Gasteiger partial charge in [-0.2, -0.15) is 5.10 Å². The van der Waals surface area contributed by atoms with Crippen molar-refractivity contribution < 1.29 is 0 Å². The summed E-state index contributed by atoms with van der Waals surface area (Å²) in [5, 5.41) is 5.17. The molecule has 3 nitrogen and oxygen atoms in total. The number of rotatable bonds is 4. The highest BCUT2D eigenvalue weighted by Crippen LogP contribution is 2.28. The van der Waals surface area contributed by atoms with Gasteiger partial charge in [-0.1, -0.05) is 41.9 Å². The molecule has 1 unspecified atom stereocenters. The fourth-order valence-electron chi connectivity index (χ4n) is 2.31. The molecule has 0 fully saturated rings. The summed E-state index contributed by atoms with van der Waals surface area (Å²) in [6.45, 7) is 6.81. The van der Waals surface area contributed by atoms with Crippen LogP contribution in [0.4, 0.5) is 0 Å². The van der Waals surface area contributed by atoms with Crippen molar-refractivity contribution in [1.29, 1.82) is 0 Å². The smallest absolute Gasteiger partial charge is 0.0847 e. The minimum atomic E-state index is -0.454. The fourth-order valence-corrected chi connectivity index (χ4v) is 2.51. The van der Waals surface area contributed by atoms with E-state index in [4.69, 9.17) is 17.3 Å². The molecule has 0 amide bonds. The SMILES string of the molecule is CCn1nc(C)c(Cl)c1CC(C)(N)c1ccccc1. The lowest BCUT2D eigenvalue weighted by molar-refractivity contribution is 0.464. The van der Waals surface area contributed by atoms with Crippen LogP contribution in [-0.4, -0.2) is 9.78 Å². The number of nitrogens with zero attached hydrogens (tertiary/aromatic N) is 2. The second kappa shape index (κ2) is 5.35. The van der Waals surface area contributed by atoms with Crippen LogP contribution in [0.15, 0.2) is 30.3 Å². The molecule has 1 aromatic carbocycles. The molecule has 2 aromatic rings. The summed E-state index contributed by atoms with van der Waals surface area (Å²) >= 11 is 6.35. The normalized spacial score (nSPS) is 14.4. The molecule has 0 radical (unpaired) electrons. The van der Waals surface area contributed by atoms with Crippen LogP contribution in [0.1, 0.15) is 30.8 Å². The summed E-state index contributed by atoms with van der Waals surface area (Å²) < 4.78 is 1.94. The van der Waals surface area contributed by atoms with E-state index in [-0.39, 0.29) is 0 Å². The van der Waals surface area contributed by atoms with Gasteiger partial charge in [0.25, 0.3) is 0 Å². The minimum Gasteiger partial charge on any atom is -0.321 e. The van der Waals surface area contributed by atoms with E-state index >= 15 is 0 Å². The van der Waals surface area contributed by atoms with Gasteiger partial charge in [0, 0.05) is 18.5 Å². The number of nitrogens with two attached hydrogens (primary N) is 1. The molecule has 4 heteroatoms. The first kappa shape index (κ1) is 14.1. The quantitative estimate of drug-likeness (QED) is 0.932. The zero-order valence-corrected chi connectivity index (χ0v) is 12.4. The van der Waals surface area contributed by atoms with E-state index in [9.17, 15) is 0 Å². The molecular weight excluding hydrogens is 258 g/mol. The van der Waals surface area contributed by atoms with Crippen molar-refractivity contribution in [2.75, 3.05) is 0 Å². The molecule has 0 bridgehead atoms. The average Bonchev–Trinajstić information content (AvgIpc) is 2.67. The van der Waals surface area contributed by atoms with Crippen molar-refractivity contribution in [2.45, 2.75) is 39.3 Å². The van der Waals surface area contributed by atoms with Crippen LogP contribution in [0.25, 0.3) is 0 Å². The lowest BCUT2D eigenvalue weighted by Crippen LogP contribution is -2.36. The summed E-state index contributed by atoms with van der Waals surface area (Å²) in [6.07, 6.45) is 0.671. The van der Waals surface area contributed by atoms with Gasteiger partial charge >= 0.3 is 0 Å². The Morgan fingerprint density at radius 3 is 2.53 bits per heavy atom. The first-order chi connectivity index (χ1) is 8.95. The number of benzene rings is 1. The number of hydrogen-bond donors (Lipinski definition) is 1. The maximum Gasteiger partial charge on any atom is 0.0847 e. The van der Waals surface area contributed by atoms with E-state index < -0.39 is 5.54 Å². The van der Waals surface area contributed by atoms with E-state index in [1.54, 1.807) is 0 Å². The van der Waals surface area contributed by atoms with Crippen LogP contribution in [-0.2, 0) is 18.5 Å². The van der Waals surface area contributed by atoms with Crippen molar-refractivity contribution in [2.24, 2.45) is 5.73 Å². The molecule has 102 valence electrons. The van der Waals surface area contributed by atoms with Gasteiger partial charge in [0.05, 0.1) is 16.4 Å². The summed E-state index contributed by atoms with van der Waals surface area (Å²) in [5.41, 5.74) is 9.00. The third-order valence-corrected chi connectivity index (χ3v) is 3.91. The van der Waals surface area contributed by atoms with E-state index in [1.807, 2.05) is 48.9 Å². The van der Waals surface area contributed by atoms with Gasteiger partial charge < -0.3 is 5.73 Å². The minimum absolute atomic E-state index is 0.454. The zero-order chi connectivity index (χ0) is 14.0. The van der Waals surface area contributed by atoms with Crippen molar-refractivity contribution in [3.8, 4) is 0 Å². The number of aromatic nitrogens is 2. The summed E-state index contributed by atoms with van der Waals surface area (Å²) in [6, 6.07) is 10.1. The largest absolute Gasteiger partial charge is 0.321 e. The highest BCUT2D eigenvalue weighted by Gasteiger charge is 2.25. The van der Waals surface area contributed by atoms with Gasteiger partial charge in [-0.3, -0.25) is 4.68 Å². The Bertz CT molecular complexity index is 558. The van der Waals surface area contributed by atoms with Crippen LogP contribution >= 0.6 is 11.6 Å². The van der Waals surface area contributed by atoms with Gasteiger partial charge in [-0.25, -0.2) is 0 Å². The van der Waals surface area contributed by atoms with E-state index in [0.717, 1.165) is 28.5 Å². The predicted molar refractivity (Wildman–Crippen MR) is 79.3 cm³/mol. The summed E-state index contributed by atoms with van der Waals surface area (Å²) in [7, 11) is 0. The Morgan fingerprint density at radius 1 is 1.32 bits per heavy atom. The Morgan fingerprint density at radius 2 is 1.95 bits per heavy atom. The highest BCUT2D eigenvalue weighted by molar-refractivity contribution is 6.31. The first-order valence-corrected chi connectivity index (χ1v) is 6.89. The van der Waals surface area contributed by atoms with E-state index in [0.29, 0.717) is 6.42 Å². The van der Waals surface area contributed by atoms with Gasteiger partial charge in [0.15, 0.2) is 0 Å². The zero-order valence-electron chi connectivity index (χ0n) is 11.7. The van der Waals surface area contributed by atoms with Crippen molar-refractivity contribution in [1.82, 2.24) is 9.78 Å². The molecule has 19 heavy (non-hydrogen) atoms. The Labute approximate surface area is 119 Å². The average molecular weight is 278 g/mol. The predicted octanol–water partition coefficient (Wildman–Crippen LogP) is 3.28. The summed E-state index contributed by atoms with van der Waals surface area (Å²) in [5.74, 6) is 0. The standard InChI is InChI=1S/C15H20ClN3/c1-4-19-13(14(16)11(2)18-19)10-15(3,17)12-8-6-5-7-9-12/h5-9H,4,10,17H2,1-3H3. The lowest BCUT2D eigenvalue weighted by atomic mass is 9.88. The van der Waals surface area contributed by atoms with Gasteiger partial charge in [0.1, 0.15) is 0 Å². The Kier molecular flexibility index (Phi) is 3.97. The number of aryl methyl sites for hydroxylation is 2. The molecule has 0 saturated heterocycles. The second-order valence-electron chi connectivity index (χ2n) is 5.12. The first-order valence-electron chi connectivity index (χ1n) is 6.52. The third-order valence-electron chi connectivity index (χ3n) is 3.42. The molecule has 2 rings (SSSR count). The van der Waals surface area contributed by atoms with Crippen LogP contribution in [0.5, 0.6) is 0 Å². The second-order valence-corrected chi connectivity index (χ2v) is 5.50. The molecule has 2 N–H and O–H groups in total. The number of hydrogen-bond acceptors (Lipinski definition) is 2. The fraction of sp³-hybridized carbons (Fsp3) is 0.400. The van der Waals surface area contributed by atoms with E-state index in [1.165, 1.54) is 0 Å². The molecule has 1 aromatic heterocycles. The lowest BCUT2D eigenvalue weighted by Gasteiger charge is -2.25. The Balaban J connectivity index is 2.35. The van der Waals surface area contributed by atoms with Crippen LogP contribution in [0.3, 0.4) is 0 Å². The molecule has 0 aliphatic carbocycles. The maximum absolute atomic E-state index is 6.47. The van der Waals surface area contributed by atoms with Gasteiger partial charge in [-0.15, -0.1) is 0 Å². The molecule has 0 spiro atoms. The summed E-state index contributed by atoms with van der Waals surface area (Å²) in [4.78, 5) is 0. The maximum atomic E-state index is 6.47. The molecular formula is C15H20ClN3. The van der Waals surface area contributed by atoms with Crippen LogP contribution in [0, 0.1) is 6.92 Å². The molecule has 1 heterocycles. The molecule has 0 aliphatic rings. The molecule has 1 atom stereocenters. The Hall–Kier alpha value is -1.32. The van der Waals surface area contributed by atoms with E-state index in [2.05, 4.69) is 12.0 Å². The highest BCUT2D eigenvalue weighted by atomic mass is 35.5. The topological polar surface area (TPSA) is 43.8 Å². The van der Waals surface area contributed by atoms with Crippen molar-refractivity contribution in [3.63, 3.8) is 0 Å². The van der Waals surface area contributed by atoms with Gasteiger partial charge in [-0.05, 0) is 26.3 Å².